The van der Waals surface area contributed by atoms with Crippen LogP contribution < -0.4 is 0 Å². The maximum absolute atomic E-state index is 12.4. The lowest BCUT2D eigenvalue weighted by Gasteiger charge is -2.60. The van der Waals surface area contributed by atoms with Gasteiger partial charge in [0.2, 0.25) is 0 Å². The van der Waals surface area contributed by atoms with Crippen molar-refractivity contribution in [1.82, 2.24) is 0 Å². The topological polar surface area (TPSA) is 57.5 Å². The molecule has 2 N–H and O–H groups in total. The van der Waals surface area contributed by atoms with Crippen LogP contribution in [0.25, 0.3) is 0 Å². The molecule has 0 aromatic rings. The SMILES string of the molecule is CC(O)[C@H]1CC[C@H]2[C@@H]3CCC4CCCC[C@]4(C)[C@H]3CC[C@]12C(=O)O. The van der Waals surface area contributed by atoms with Crippen molar-refractivity contribution in [3.63, 3.8) is 0 Å². The van der Waals surface area contributed by atoms with Crippen molar-refractivity contribution in [2.45, 2.75) is 84.2 Å². The summed E-state index contributed by atoms with van der Waals surface area (Å²) in [6, 6.07) is 0. The summed E-state index contributed by atoms with van der Waals surface area (Å²) >= 11 is 0. The first-order valence-electron chi connectivity index (χ1n) is 10.3. The third kappa shape index (κ3) is 2.09. The van der Waals surface area contributed by atoms with E-state index in [1.165, 1.54) is 38.5 Å². The standard InChI is InChI=1S/C21H34O3/c1-13(22)16-8-9-18-15-7-6-14-5-3-4-11-20(14,2)17(15)10-12-21(16,18)19(23)24/h13-18,22H,3-12H2,1-2H3,(H,23,24)/t13?,14?,15-,16-,17+,18+,20+,21+/m1/s1. The quantitative estimate of drug-likeness (QED) is 0.783. The zero-order valence-corrected chi connectivity index (χ0v) is 15.3. The van der Waals surface area contributed by atoms with E-state index in [4.69, 9.17) is 0 Å². The van der Waals surface area contributed by atoms with Crippen LogP contribution in [0.3, 0.4) is 0 Å². The fraction of sp³-hybridized carbons (Fsp3) is 0.952. The van der Waals surface area contributed by atoms with E-state index in [1.54, 1.807) is 0 Å². The molecule has 4 aliphatic carbocycles. The molecule has 8 atom stereocenters. The van der Waals surface area contributed by atoms with Crippen molar-refractivity contribution in [2.75, 3.05) is 0 Å². The number of hydrogen-bond acceptors (Lipinski definition) is 2. The monoisotopic (exact) mass is 334 g/mol. The average Bonchev–Trinajstić information content (AvgIpc) is 2.95. The molecule has 24 heavy (non-hydrogen) atoms. The molecule has 4 rings (SSSR count). The molecule has 0 amide bonds. The lowest BCUT2D eigenvalue weighted by Crippen LogP contribution is -2.56. The molecular weight excluding hydrogens is 300 g/mol. The van der Waals surface area contributed by atoms with Gasteiger partial charge in [-0.1, -0.05) is 19.8 Å². The van der Waals surface area contributed by atoms with E-state index >= 15 is 0 Å². The highest BCUT2D eigenvalue weighted by atomic mass is 16.4. The molecule has 3 heteroatoms. The van der Waals surface area contributed by atoms with Gasteiger partial charge in [0.05, 0.1) is 11.5 Å². The van der Waals surface area contributed by atoms with Crippen molar-refractivity contribution >= 4 is 5.97 Å². The van der Waals surface area contributed by atoms with Crippen LogP contribution in [0.15, 0.2) is 0 Å². The molecule has 4 saturated carbocycles. The van der Waals surface area contributed by atoms with Gasteiger partial charge in [0.15, 0.2) is 0 Å². The minimum Gasteiger partial charge on any atom is -0.481 e. The zero-order valence-electron chi connectivity index (χ0n) is 15.3. The molecule has 4 fully saturated rings. The third-order valence-electron chi connectivity index (χ3n) is 9.14. The Morgan fingerprint density at radius 2 is 1.79 bits per heavy atom. The maximum atomic E-state index is 12.4. The second-order valence-electron chi connectivity index (χ2n) is 9.71. The number of rotatable bonds is 2. The van der Waals surface area contributed by atoms with Gasteiger partial charge in [-0.25, -0.2) is 0 Å². The Kier molecular flexibility index (Phi) is 4.02. The fourth-order valence-corrected chi connectivity index (χ4v) is 8.11. The van der Waals surface area contributed by atoms with Crippen molar-refractivity contribution in [3.05, 3.63) is 0 Å². The molecule has 0 spiro atoms. The summed E-state index contributed by atoms with van der Waals surface area (Å²) in [5.41, 5.74) is -0.193. The van der Waals surface area contributed by atoms with E-state index in [9.17, 15) is 15.0 Å². The van der Waals surface area contributed by atoms with Crippen LogP contribution in [0.4, 0.5) is 0 Å². The lowest BCUT2D eigenvalue weighted by atomic mass is 9.44. The van der Waals surface area contributed by atoms with Crippen LogP contribution in [-0.2, 0) is 4.79 Å². The highest BCUT2D eigenvalue weighted by Gasteiger charge is 2.65. The summed E-state index contributed by atoms with van der Waals surface area (Å²) in [4.78, 5) is 12.4. The maximum Gasteiger partial charge on any atom is 0.310 e. The first-order valence-corrected chi connectivity index (χ1v) is 10.3. The van der Waals surface area contributed by atoms with Crippen LogP contribution in [0.1, 0.15) is 78.1 Å². The third-order valence-corrected chi connectivity index (χ3v) is 9.14. The number of fused-ring (bicyclic) bond motifs is 5. The number of aliphatic carboxylic acids is 1. The van der Waals surface area contributed by atoms with Gasteiger partial charge in [-0.15, -0.1) is 0 Å². The Labute approximate surface area is 146 Å². The fourth-order valence-electron chi connectivity index (χ4n) is 8.11. The van der Waals surface area contributed by atoms with Gasteiger partial charge in [0.1, 0.15) is 0 Å². The summed E-state index contributed by atoms with van der Waals surface area (Å²) in [6.07, 6.45) is 11.3. The molecule has 0 radical (unpaired) electrons. The molecule has 136 valence electrons. The molecule has 0 heterocycles. The largest absolute Gasteiger partial charge is 0.481 e. The summed E-state index contributed by atoms with van der Waals surface area (Å²) in [5, 5.41) is 20.5. The molecular formula is C21H34O3. The van der Waals surface area contributed by atoms with E-state index in [-0.39, 0.29) is 5.92 Å². The van der Waals surface area contributed by atoms with Gasteiger partial charge in [-0.3, -0.25) is 4.79 Å². The van der Waals surface area contributed by atoms with Crippen LogP contribution in [0, 0.1) is 40.4 Å². The number of carboxylic acids is 1. The minimum absolute atomic E-state index is 0.0437. The van der Waals surface area contributed by atoms with Gasteiger partial charge < -0.3 is 10.2 Å². The molecule has 0 bridgehead atoms. The van der Waals surface area contributed by atoms with Crippen molar-refractivity contribution in [3.8, 4) is 0 Å². The number of carbonyl (C=O) groups is 1. The van der Waals surface area contributed by atoms with E-state index in [0.717, 1.165) is 37.5 Å². The summed E-state index contributed by atoms with van der Waals surface area (Å²) in [5.74, 6) is 1.81. The smallest absolute Gasteiger partial charge is 0.310 e. The Hall–Kier alpha value is -0.570. The van der Waals surface area contributed by atoms with Crippen LogP contribution in [-0.4, -0.2) is 22.3 Å². The predicted molar refractivity (Wildman–Crippen MR) is 93.5 cm³/mol. The highest BCUT2D eigenvalue weighted by molar-refractivity contribution is 5.76. The van der Waals surface area contributed by atoms with Gasteiger partial charge >= 0.3 is 5.97 Å². The average molecular weight is 335 g/mol. The minimum atomic E-state index is -0.646. The van der Waals surface area contributed by atoms with Gasteiger partial charge in [0.25, 0.3) is 0 Å². The number of carboxylic acid groups (broad SMARTS) is 1. The van der Waals surface area contributed by atoms with E-state index in [1.807, 2.05) is 6.92 Å². The second kappa shape index (κ2) is 5.72. The number of aliphatic hydroxyl groups is 1. The van der Waals surface area contributed by atoms with Crippen LogP contribution >= 0.6 is 0 Å². The Bertz CT molecular complexity index is 515. The molecule has 3 nitrogen and oxygen atoms in total. The van der Waals surface area contributed by atoms with Crippen molar-refractivity contribution < 1.29 is 15.0 Å². The molecule has 4 aliphatic rings. The van der Waals surface area contributed by atoms with E-state index in [2.05, 4.69) is 6.92 Å². The van der Waals surface area contributed by atoms with Gasteiger partial charge in [0, 0.05) is 5.92 Å². The predicted octanol–water partition coefficient (Wildman–Crippen LogP) is 4.48. The zero-order chi connectivity index (χ0) is 17.1. The van der Waals surface area contributed by atoms with Crippen molar-refractivity contribution in [1.29, 1.82) is 0 Å². The van der Waals surface area contributed by atoms with Crippen molar-refractivity contribution in [2.24, 2.45) is 40.4 Å². The summed E-state index contributed by atoms with van der Waals surface area (Å²) in [6.45, 7) is 4.34. The van der Waals surface area contributed by atoms with E-state index in [0.29, 0.717) is 17.3 Å². The second-order valence-corrected chi connectivity index (χ2v) is 9.71. The molecule has 0 aliphatic heterocycles. The lowest BCUT2D eigenvalue weighted by molar-refractivity contribution is -0.175. The number of hydrogen-bond donors (Lipinski definition) is 2. The summed E-state index contributed by atoms with van der Waals surface area (Å²) < 4.78 is 0. The Balaban J connectivity index is 1.68. The van der Waals surface area contributed by atoms with Crippen LogP contribution in [0.2, 0.25) is 0 Å². The molecule has 0 aromatic heterocycles. The Morgan fingerprint density at radius 3 is 2.50 bits per heavy atom. The Morgan fingerprint density at radius 1 is 1.00 bits per heavy atom. The molecule has 0 saturated heterocycles. The molecule has 0 aromatic carbocycles. The van der Waals surface area contributed by atoms with Gasteiger partial charge in [-0.2, -0.15) is 0 Å². The molecule has 2 unspecified atom stereocenters. The van der Waals surface area contributed by atoms with Gasteiger partial charge in [-0.05, 0) is 87.4 Å². The van der Waals surface area contributed by atoms with E-state index < -0.39 is 17.5 Å². The first kappa shape index (κ1) is 16.9. The number of aliphatic hydroxyl groups excluding tert-OH is 1. The first-order chi connectivity index (χ1) is 11.4. The summed E-state index contributed by atoms with van der Waals surface area (Å²) in [7, 11) is 0. The van der Waals surface area contributed by atoms with Crippen LogP contribution in [0.5, 0.6) is 0 Å². The normalized spacial score (nSPS) is 52.0. The highest BCUT2D eigenvalue weighted by Crippen LogP contribution is 2.67.